The summed E-state index contributed by atoms with van der Waals surface area (Å²) in [6.45, 7) is -0.0508. The van der Waals surface area contributed by atoms with E-state index in [-0.39, 0.29) is 12.6 Å². The molecule has 3 aromatic rings. The molecule has 142 valence electrons. The predicted molar refractivity (Wildman–Crippen MR) is 117 cm³/mol. The van der Waals surface area contributed by atoms with Crippen molar-refractivity contribution in [2.45, 2.75) is 12.6 Å². The van der Waals surface area contributed by atoms with Crippen molar-refractivity contribution in [2.75, 3.05) is 5.01 Å². The molecule has 3 nitrogen and oxygen atoms in total. The minimum absolute atomic E-state index is 0.0120. The lowest BCUT2D eigenvalue weighted by atomic mass is 9.99. The summed E-state index contributed by atoms with van der Waals surface area (Å²) in [5.41, 5.74) is 7.90. The highest BCUT2D eigenvalue weighted by Gasteiger charge is 2.25. The standard InChI is InChI=1S/C22H17Cl3N2O/c23-16-4-2-15(3-5-16)21-9-10-26-27(21)22-8-1-14(13-28)11-19(22)18-7-6-17(24)12-20(18)25/h1-12,21,26,28H,13H2. The van der Waals surface area contributed by atoms with Crippen LogP contribution in [0.1, 0.15) is 17.2 Å². The third kappa shape index (κ3) is 3.71. The van der Waals surface area contributed by atoms with Crippen molar-refractivity contribution >= 4 is 40.5 Å². The average Bonchev–Trinajstić information content (AvgIpc) is 3.18. The molecule has 1 unspecified atom stereocenters. The van der Waals surface area contributed by atoms with Gasteiger partial charge in [0.05, 0.1) is 18.3 Å². The van der Waals surface area contributed by atoms with Crippen molar-refractivity contribution in [1.82, 2.24) is 5.43 Å². The lowest BCUT2D eigenvalue weighted by molar-refractivity contribution is 0.282. The van der Waals surface area contributed by atoms with Crippen LogP contribution >= 0.6 is 34.8 Å². The molecular weight excluding hydrogens is 415 g/mol. The van der Waals surface area contributed by atoms with Gasteiger partial charge in [-0.1, -0.05) is 59.1 Å². The number of nitrogens with zero attached hydrogens (tertiary/aromatic N) is 1. The van der Waals surface area contributed by atoms with E-state index < -0.39 is 0 Å². The number of halogens is 3. The predicted octanol–water partition coefficient (Wildman–Crippen LogP) is 6.39. The second kappa shape index (κ2) is 8.06. The molecule has 6 heteroatoms. The fraction of sp³-hybridized carbons (Fsp3) is 0.0909. The molecule has 0 bridgehead atoms. The Balaban J connectivity index is 1.82. The van der Waals surface area contributed by atoms with Crippen LogP contribution in [0.5, 0.6) is 0 Å². The molecule has 1 atom stereocenters. The van der Waals surface area contributed by atoms with Crippen molar-refractivity contribution in [3.63, 3.8) is 0 Å². The zero-order chi connectivity index (χ0) is 19.7. The third-order valence-electron chi connectivity index (χ3n) is 4.71. The van der Waals surface area contributed by atoms with Crippen LogP contribution in [0.3, 0.4) is 0 Å². The second-order valence-corrected chi connectivity index (χ2v) is 7.77. The number of aliphatic hydroxyl groups excluding tert-OH is 1. The van der Waals surface area contributed by atoms with Crippen LogP contribution in [0, 0.1) is 0 Å². The molecule has 1 aliphatic rings. The van der Waals surface area contributed by atoms with E-state index in [9.17, 15) is 5.11 Å². The molecule has 0 saturated carbocycles. The summed E-state index contributed by atoms with van der Waals surface area (Å²) in [5.74, 6) is 0. The van der Waals surface area contributed by atoms with E-state index in [1.54, 1.807) is 6.07 Å². The van der Waals surface area contributed by atoms with E-state index in [0.717, 1.165) is 27.9 Å². The van der Waals surface area contributed by atoms with Crippen molar-refractivity contribution < 1.29 is 5.11 Å². The molecule has 2 N–H and O–H groups in total. The Morgan fingerprint density at radius 1 is 0.857 bits per heavy atom. The van der Waals surface area contributed by atoms with Crippen molar-refractivity contribution in [2.24, 2.45) is 0 Å². The molecule has 1 heterocycles. The number of anilines is 1. The van der Waals surface area contributed by atoms with Crippen molar-refractivity contribution in [3.05, 3.63) is 99.1 Å². The molecule has 0 fully saturated rings. The smallest absolute Gasteiger partial charge is 0.0952 e. The summed E-state index contributed by atoms with van der Waals surface area (Å²) in [7, 11) is 0. The van der Waals surface area contributed by atoms with E-state index in [4.69, 9.17) is 34.8 Å². The number of hydrogen-bond donors (Lipinski definition) is 2. The van der Waals surface area contributed by atoms with Gasteiger partial charge in [-0.2, -0.15) is 0 Å². The molecule has 0 aliphatic carbocycles. The lowest BCUT2D eigenvalue weighted by Crippen LogP contribution is -2.33. The van der Waals surface area contributed by atoms with Crippen LogP contribution in [-0.4, -0.2) is 5.11 Å². The van der Waals surface area contributed by atoms with Gasteiger partial charge in [-0.05, 0) is 53.6 Å². The third-order valence-corrected chi connectivity index (χ3v) is 5.51. The maximum absolute atomic E-state index is 9.63. The second-order valence-electron chi connectivity index (χ2n) is 6.49. The Morgan fingerprint density at radius 3 is 2.32 bits per heavy atom. The molecule has 4 rings (SSSR count). The highest BCUT2D eigenvalue weighted by Crippen LogP contribution is 2.40. The number of hydrazine groups is 1. The molecule has 1 aliphatic heterocycles. The van der Waals surface area contributed by atoms with Crippen LogP contribution in [0.2, 0.25) is 15.1 Å². The molecular formula is C22H17Cl3N2O. The fourth-order valence-electron chi connectivity index (χ4n) is 3.34. The van der Waals surface area contributed by atoms with E-state index in [1.807, 2.05) is 60.8 Å². The number of nitrogens with one attached hydrogen (secondary N) is 1. The van der Waals surface area contributed by atoms with Gasteiger partial charge in [-0.25, -0.2) is 0 Å². The van der Waals surface area contributed by atoms with Gasteiger partial charge in [-0.15, -0.1) is 0 Å². The first kappa shape index (κ1) is 19.2. The van der Waals surface area contributed by atoms with Crippen molar-refractivity contribution in [1.29, 1.82) is 0 Å². The van der Waals surface area contributed by atoms with Crippen LogP contribution in [0.15, 0.2) is 72.9 Å². The Morgan fingerprint density at radius 2 is 1.61 bits per heavy atom. The summed E-state index contributed by atoms with van der Waals surface area (Å²) < 4.78 is 0. The van der Waals surface area contributed by atoms with Gasteiger partial charge in [0.25, 0.3) is 0 Å². The van der Waals surface area contributed by atoms with Crippen LogP contribution in [-0.2, 0) is 6.61 Å². The molecule has 0 amide bonds. The first-order valence-electron chi connectivity index (χ1n) is 8.73. The summed E-state index contributed by atoms with van der Waals surface area (Å²) in [4.78, 5) is 0. The van der Waals surface area contributed by atoms with Gasteiger partial charge in [-0.3, -0.25) is 5.01 Å². The molecule has 0 aromatic heterocycles. The fourth-order valence-corrected chi connectivity index (χ4v) is 3.97. The number of hydrogen-bond acceptors (Lipinski definition) is 3. The maximum atomic E-state index is 9.63. The van der Waals surface area contributed by atoms with Crippen LogP contribution < -0.4 is 10.4 Å². The Hall–Kier alpha value is -2.17. The monoisotopic (exact) mass is 430 g/mol. The Kier molecular flexibility index (Phi) is 5.51. The minimum Gasteiger partial charge on any atom is -0.392 e. The largest absolute Gasteiger partial charge is 0.392 e. The first-order valence-corrected chi connectivity index (χ1v) is 9.87. The van der Waals surface area contributed by atoms with Gasteiger partial charge < -0.3 is 10.5 Å². The summed E-state index contributed by atoms with van der Waals surface area (Å²) in [6, 6.07) is 19.0. The maximum Gasteiger partial charge on any atom is 0.0952 e. The van der Waals surface area contributed by atoms with E-state index in [1.165, 1.54) is 0 Å². The van der Waals surface area contributed by atoms with Gasteiger partial charge in [0, 0.05) is 32.4 Å². The SMILES string of the molecule is OCc1ccc(N2NC=CC2c2ccc(Cl)cc2)c(-c2ccc(Cl)cc2Cl)c1. The molecule has 3 aromatic carbocycles. The number of rotatable bonds is 4. The zero-order valence-corrected chi connectivity index (χ0v) is 17.0. The minimum atomic E-state index is -0.0508. The Labute approximate surface area is 178 Å². The quantitative estimate of drug-likeness (QED) is 0.502. The van der Waals surface area contributed by atoms with E-state index in [0.29, 0.717) is 15.1 Å². The van der Waals surface area contributed by atoms with E-state index in [2.05, 4.69) is 16.5 Å². The number of benzene rings is 3. The van der Waals surface area contributed by atoms with Crippen LogP contribution in [0.25, 0.3) is 11.1 Å². The Bertz CT molecular complexity index is 1030. The summed E-state index contributed by atoms with van der Waals surface area (Å²) in [5, 5.41) is 13.5. The highest BCUT2D eigenvalue weighted by atomic mass is 35.5. The van der Waals surface area contributed by atoms with Gasteiger partial charge >= 0.3 is 0 Å². The van der Waals surface area contributed by atoms with Gasteiger partial charge in [0.15, 0.2) is 0 Å². The highest BCUT2D eigenvalue weighted by molar-refractivity contribution is 6.36. The van der Waals surface area contributed by atoms with Gasteiger partial charge in [0.2, 0.25) is 0 Å². The van der Waals surface area contributed by atoms with E-state index >= 15 is 0 Å². The molecule has 0 radical (unpaired) electrons. The first-order chi connectivity index (χ1) is 13.6. The lowest BCUT2D eigenvalue weighted by Gasteiger charge is -2.29. The van der Waals surface area contributed by atoms with Crippen molar-refractivity contribution in [3.8, 4) is 11.1 Å². The molecule has 0 saturated heterocycles. The summed E-state index contributed by atoms with van der Waals surface area (Å²) >= 11 is 18.6. The summed E-state index contributed by atoms with van der Waals surface area (Å²) in [6.07, 6.45) is 3.99. The zero-order valence-electron chi connectivity index (χ0n) is 14.7. The normalized spacial score (nSPS) is 15.7. The topological polar surface area (TPSA) is 35.5 Å². The molecule has 0 spiro atoms. The average molecular weight is 432 g/mol. The van der Waals surface area contributed by atoms with Gasteiger partial charge in [0.1, 0.15) is 0 Å². The number of aliphatic hydroxyl groups is 1. The molecule has 28 heavy (non-hydrogen) atoms. The van der Waals surface area contributed by atoms with Crippen LogP contribution in [0.4, 0.5) is 5.69 Å².